The van der Waals surface area contributed by atoms with E-state index in [4.69, 9.17) is 9.47 Å². The minimum Gasteiger partial charge on any atom is -0.497 e. The van der Waals surface area contributed by atoms with Crippen molar-refractivity contribution in [2.75, 3.05) is 30.8 Å². The first-order chi connectivity index (χ1) is 16.8. The Hall–Kier alpha value is -3.17. The lowest BCUT2D eigenvalue weighted by Crippen LogP contribution is -2.41. The van der Waals surface area contributed by atoms with Gasteiger partial charge in [0, 0.05) is 4.90 Å². The average molecular weight is 515 g/mol. The molecule has 1 atom stereocenters. The molecule has 186 valence electrons. The van der Waals surface area contributed by atoms with Crippen LogP contribution in [0, 0.1) is 0 Å². The highest BCUT2D eigenvalue weighted by molar-refractivity contribution is 7.98. The van der Waals surface area contributed by atoms with E-state index >= 15 is 0 Å². The molecule has 0 saturated heterocycles. The van der Waals surface area contributed by atoms with Crippen LogP contribution < -0.4 is 19.1 Å². The minimum atomic E-state index is -4.00. The van der Waals surface area contributed by atoms with Crippen molar-refractivity contribution in [3.05, 3.63) is 78.4 Å². The van der Waals surface area contributed by atoms with Gasteiger partial charge in [-0.05, 0) is 86.3 Å². The van der Waals surface area contributed by atoms with Crippen molar-refractivity contribution < 1.29 is 22.7 Å². The van der Waals surface area contributed by atoms with Crippen molar-refractivity contribution in [1.29, 1.82) is 0 Å². The molecule has 0 spiro atoms. The van der Waals surface area contributed by atoms with Crippen LogP contribution in [0.4, 0.5) is 5.69 Å². The van der Waals surface area contributed by atoms with Gasteiger partial charge in [-0.1, -0.05) is 12.1 Å². The Morgan fingerprint density at radius 3 is 2.11 bits per heavy atom. The zero-order valence-electron chi connectivity index (χ0n) is 20.2. The number of hydrogen-bond acceptors (Lipinski definition) is 6. The molecule has 1 amide bonds. The standard InChI is InChI=1S/C26H30N2O5S2/c1-5-33-23-12-8-21(9-13-23)28(35(30,31)25-16-14-24(34-4)15-17-25)18-26(29)27-19(2)20-6-10-22(32-3)11-7-20/h6-17,19H,5,18H2,1-4H3,(H,27,29). The number of nitrogens with zero attached hydrogens (tertiary/aromatic N) is 1. The van der Waals surface area contributed by atoms with Gasteiger partial charge in [0.05, 0.1) is 30.3 Å². The van der Waals surface area contributed by atoms with Crippen molar-refractivity contribution in [3.63, 3.8) is 0 Å². The number of ether oxygens (including phenoxy) is 2. The number of hydrogen-bond donors (Lipinski definition) is 1. The molecular weight excluding hydrogens is 484 g/mol. The summed E-state index contributed by atoms with van der Waals surface area (Å²) in [7, 11) is -2.41. The highest BCUT2D eigenvalue weighted by atomic mass is 32.2. The number of anilines is 1. The minimum absolute atomic E-state index is 0.111. The number of benzene rings is 3. The largest absolute Gasteiger partial charge is 0.497 e. The number of sulfonamides is 1. The summed E-state index contributed by atoms with van der Waals surface area (Å²) in [5.41, 5.74) is 1.25. The second-order valence-corrected chi connectivity index (χ2v) is 10.4. The van der Waals surface area contributed by atoms with Crippen molar-refractivity contribution in [2.24, 2.45) is 0 Å². The Bertz CT molecular complexity index is 1210. The van der Waals surface area contributed by atoms with E-state index in [9.17, 15) is 13.2 Å². The van der Waals surface area contributed by atoms with Gasteiger partial charge in [0.25, 0.3) is 10.0 Å². The number of carbonyl (C=O) groups is 1. The van der Waals surface area contributed by atoms with Crippen LogP contribution in [0.25, 0.3) is 0 Å². The maximum absolute atomic E-state index is 13.6. The first-order valence-electron chi connectivity index (χ1n) is 11.1. The summed E-state index contributed by atoms with van der Waals surface area (Å²) >= 11 is 1.52. The van der Waals surface area contributed by atoms with Gasteiger partial charge < -0.3 is 14.8 Å². The van der Waals surface area contributed by atoms with Gasteiger partial charge in [-0.25, -0.2) is 8.42 Å². The molecule has 7 nitrogen and oxygen atoms in total. The second kappa shape index (κ2) is 12.0. The third-order valence-corrected chi connectivity index (χ3v) is 7.90. The molecule has 0 fully saturated rings. The Morgan fingerprint density at radius 2 is 1.57 bits per heavy atom. The Labute approximate surface area is 211 Å². The number of thioether (sulfide) groups is 1. The Morgan fingerprint density at radius 1 is 0.971 bits per heavy atom. The number of methoxy groups -OCH3 is 1. The first-order valence-corrected chi connectivity index (χ1v) is 13.8. The number of amides is 1. The van der Waals surface area contributed by atoms with Gasteiger partial charge in [0.1, 0.15) is 18.0 Å². The van der Waals surface area contributed by atoms with Gasteiger partial charge in [0.2, 0.25) is 5.91 Å². The SMILES string of the molecule is CCOc1ccc(N(CC(=O)NC(C)c2ccc(OC)cc2)S(=O)(=O)c2ccc(SC)cc2)cc1. The number of carbonyl (C=O) groups excluding carboxylic acids is 1. The van der Waals surface area contributed by atoms with E-state index in [1.54, 1.807) is 55.6 Å². The first kappa shape index (κ1) is 26.4. The number of rotatable bonds is 11. The summed E-state index contributed by atoms with van der Waals surface area (Å²) < 4.78 is 39.0. The van der Waals surface area contributed by atoms with Crippen molar-refractivity contribution in [2.45, 2.75) is 29.7 Å². The molecule has 0 saturated carbocycles. The molecule has 1 N–H and O–H groups in total. The van der Waals surface area contributed by atoms with E-state index in [1.165, 1.54) is 11.8 Å². The summed E-state index contributed by atoms with van der Waals surface area (Å²) in [5.74, 6) is 0.912. The van der Waals surface area contributed by atoms with Crippen LogP contribution >= 0.6 is 11.8 Å². The van der Waals surface area contributed by atoms with Crippen LogP contribution in [0.15, 0.2) is 82.6 Å². The van der Waals surface area contributed by atoms with E-state index in [0.717, 1.165) is 14.8 Å². The van der Waals surface area contributed by atoms with E-state index in [2.05, 4.69) is 5.32 Å². The predicted molar refractivity (Wildman–Crippen MR) is 140 cm³/mol. The lowest BCUT2D eigenvalue weighted by atomic mass is 10.1. The Balaban J connectivity index is 1.87. The molecule has 0 aliphatic heterocycles. The van der Waals surface area contributed by atoms with E-state index < -0.39 is 15.9 Å². The smallest absolute Gasteiger partial charge is 0.264 e. The highest BCUT2D eigenvalue weighted by Crippen LogP contribution is 2.27. The highest BCUT2D eigenvalue weighted by Gasteiger charge is 2.28. The maximum Gasteiger partial charge on any atom is 0.264 e. The molecule has 0 bridgehead atoms. The van der Waals surface area contributed by atoms with E-state index in [1.807, 2.05) is 44.4 Å². The summed E-state index contributed by atoms with van der Waals surface area (Å²) in [4.78, 5) is 14.1. The second-order valence-electron chi connectivity index (χ2n) is 7.68. The molecule has 1 unspecified atom stereocenters. The van der Waals surface area contributed by atoms with Crippen LogP contribution in [0.5, 0.6) is 11.5 Å². The lowest BCUT2D eigenvalue weighted by molar-refractivity contribution is -0.120. The van der Waals surface area contributed by atoms with Crippen molar-refractivity contribution in [3.8, 4) is 11.5 Å². The van der Waals surface area contributed by atoms with Crippen LogP contribution in [-0.2, 0) is 14.8 Å². The maximum atomic E-state index is 13.6. The lowest BCUT2D eigenvalue weighted by Gasteiger charge is -2.25. The molecule has 0 aromatic heterocycles. The summed E-state index contributed by atoms with van der Waals surface area (Å²) in [6.45, 7) is 3.84. The van der Waals surface area contributed by atoms with E-state index in [-0.39, 0.29) is 17.5 Å². The zero-order valence-corrected chi connectivity index (χ0v) is 21.9. The molecular formula is C26H30N2O5S2. The summed E-state index contributed by atoms with van der Waals surface area (Å²) in [6.07, 6.45) is 1.92. The van der Waals surface area contributed by atoms with Crippen molar-refractivity contribution >= 4 is 33.4 Å². The zero-order chi connectivity index (χ0) is 25.4. The van der Waals surface area contributed by atoms with E-state index in [0.29, 0.717) is 23.8 Å². The van der Waals surface area contributed by atoms with Crippen LogP contribution in [0.1, 0.15) is 25.5 Å². The molecule has 35 heavy (non-hydrogen) atoms. The number of nitrogens with one attached hydrogen (secondary N) is 1. The predicted octanol–water partition coefficient (Wildman–Crippen LogP) is 4.89. The van der Waals surface area contributed by atoms with Gasteiger partial charge in [-0.3, -0.25) is 9.10 Å². The molecule has 3 aromatic carbocycles. The fourth-order valence-corrected chi connectivity index (χ4v) is 5.29. The summed E-state index contributed by atoms with van der Waals surface area (Å²) in [6, 6.07) is 20.3. The fourth-order valence-electron chi connectivity index (χ4n) is 3.46. The molecule has 0 radical (unpaired) electrons. The molecule has 0 aliphatic carbocycles. The normalized spacial score (nSPS) is 12.0. The Kier molecular flexibility index (Phi) is 9.06. The molecule has 9 heteroatoms. The third-order valence-electron chi connectivity index (χ3n) is 5.36. The van der Waals surface area contributed by atoms with Crippen LogP contribution in [-0.4, -0.2) is 40.8 Å². The van der Waals surface area contributed by atoms with Gasteiger partial charge in [-0.15, -0.1) is 11.8 Å². The van der Waals surface area contributed by atoms with Crippen molar-refractivity contribution in [1.82, 2.24) is 5.32 Å². The fraction of sp³-hybridized carbons (Fsp3) is 0.269. The molecule has 0 aliphatic rings. The third kappa shape index (κ3) is 6.70. The molecule has 0 heterocycles. The van der Waals surface area contributed by atoms with Gasteiger partial charge in [0.15, 0.2) is 0 Å². The molecule has 3 aromatic rings. The summed E-state index contributed by atoms with van der Waals surface area (Å²) in [5, 5.41) is 2.89. The quantitative estimate of drug-likeness (QED) is 0.367. The monoisotopic (exact) mass is 514 g/mol. The van der Waals surface area contributed by atoms with Gasteiger partial charge in [-0.2, -0.15) is 0 Å². The van der Waals surface area contributed by atoms with Gasteiger partial charge >= 0.3 is 0 Å². The van der Waals surface area contributed by atoms with Crippen LogP contribution in [0.2, 0.25) is 0 Å². The topological polar surface area (TPSA) is 84.9 Å². The molecule has 3 rings (SSSR count). The average Bonchev–Trinajstić information content (AvgIpc) is 2.88. The van der Waals surface area contributed by atoms with Crippen LogP contribution in [0.3, 0.4) is 0 Å².